The summed E-state index contributed by atoms with van der Waals surface area (Å²) in [4.78, 5) is 62.2. The monoisotopic (exact) mass is 854 g/mol. The van der Waals surface area contributed by atoms with Gasteiger partial charge in [-0.25, -0.2) is 4.68 Å². The Balaban J connectivity index is 0.673. The molecule has 1 aromatic heterocycles. The van der Waals surface area contributed by atoms with Crippen LogP contribution in [0.25, 0.3) is 11.3 Å². The van der Waals surface area contributed by atoms with E-state index in [1.807, 2.05) is 66.7 Å². The number of benzene rings is 3. The number of likely N-dealkylation sites (tertiary alicyclic amines) is 2. The molecule has 4 fully saturated rings. The molecule has 4 amide bonds. The highest BCUT2D eigenvalue weighted by Crippen LogP contribution is 2.41. The van der Waals surface area contributed by atoms with E-state index in [0.29, 0.717) is 47.5 Å². The van der Waals surface area contributed by atoms with Gasteiger partial charge >= 0.3 is 0 Å². The average Bonchev–Trinajstić information content (AvgIpc) is 3.87. The molecule has 2 unspecified atom stereocenters. The third-order valence-corrected chi connectivity index (χ3v) is 14.5. The lowest BCUT2D eigenvalue weighted by Crippen LogP contribution is -2.52. The number of ether oxygens (including phenoxy) is 1. The normalized spacial score (nSPS) is 23.0. The van der Waals surface area contributed by atoms with E-state index in [-0.39, 0.29) is 30.2 Å². The molecule has 0 spiro atoms. The van der Waals surface area contributed by atoms with Gasteiger partial charge in [-0.15, -0.1) is 0 Å². The zero-order valence-electron chi connectivity index (χ0n) is 35.9. The first-order valence-electron chi connectivity index (χ1n) is 23.0. The maximum Gasteiger partial charge on any atom is 0.255 e. The number of para-hydroxylation sites is 1. The number of amides is 4. The van der Waals surface area contributed by atoms with Crippen LogP contribution in [0.3, 0.4) is 0 Å². The highest BCUT2D eigenvalue weighted by atomic mass is 16.5. The van der Waals surface area contributed by atoms with Gasteiger partial charge in [-0.05, 0) is 131 Å². The second-order valence-electron chi connectivity index (χ2n) is 18.1. The fraction of sp³-hybridized carbons (Fsp3) is 0.479. The number of piperazine rings is 1. The number of aromatic nitrogens is 2. The van der Waals surface area contributed by atoms with Crippen LogP contribution in [-0.4, -0.2) is 137 Å². The SMILES string of the molecule is NC(=O)c1c(-c2ccc(Oc3ccccc3)cc2)nn2c1NCCC2C1CCN(C2CCN(CCN3CCN(c4ccc5c(c4)CN(C4CCC(=O)NC4=O)C5=O)CC3)CC2)CC1. The van der Waals surface area contributed by atoms with Crippen molar-refractivity contribution < 1.29 is 23.9 Å². The van der Waals surface area contributed by atoms with Crippen LogP contribution in [0.5, 0.6) is 11.5 Å². The number of primary amides is 1. The Labute approximate surface area is 368 Å². The van der Waals surface area contributed by atoms with E-state index in [0.717, 1.165) is 120 Å². The van der Waals surface area contributed by atoms with Crippen LogP contribution >= 0.6 is 0 Å². The lowest BCUT2D eigenvalue weighted by molar-refractivity contribution is -0.136. The molecular formula is C48H58N10O5. The van der Waals surface area contributed by atoms with Crippen molar-refractivity contribution >= 4 is 35.1 Å². The second kappa shape index (κ2) is 17.8. The predicted octanol–water partition coefficient (Wildman–Crippen LogP) is 4.56. The van der Waals surface area contributed by atoms with Crippen molar-refractivity contribution in [2.24, 2.45) is 11.7 Å². The smallest absolute Gasteiger partial charge is 0.255 e. The first-order chi connectivity index (χ1) is 30.8. The summed E-state index contributed by atoms with van der Waals surface area (Å²) < 4.78 is 8.07. The topological polar surface area (TPSA) is 162 Å². The molecule has 0 aliphatic carbocycles. The minimum Gasteiger partial charge on any atom is -0.457 e. The van der Waals surface area contributed by atoms with Gasteiger partial charge in [-0.3, -0.25) is 29.4 Å². The molecule has 3 aromatic carbocycles. The third kappa shape index (κ3) is 8.53. The second-order valence-corrected chi connectivity index (χ2v) is 18.1. The minimum absolute atomic E-state index is 0.127. The summed E-state index contributed by atoms with van der Waals surface area (Å²) in [5, 5.41) is 10.9. The minimum atomic E-state index is -0.592. The van der Waals surface area contributed by atoms with Crippen LogP contribution in [0.15, 0.2) is 72.8 Å². The number of carbonyl (C=O) groups excluding carboxylic acids is 4. The molecule has 15 nitrogen and oxygen atoms in total. The van der Waals surface area contributed by atoms with Crippen molar-refractivity contribution in [3.63, 3.8) is 0 Å². The molecule has 7 heterocycles. The maximum absolute atomic E-state index is 13.2. The quantitative estimate of drug-likeness (QED) is 0.182. The Morgan fingerprint density at radius 3 is 2.21 bits per heavy atom. The van der Waals surface area contributed by atoms with Gasteiger partial charge in [0, 0.05) is 81.6 Å². The zero-order chi connectivity index (χ0) is 43.0. The summed E-state index contributed by atoms with van der Waals surface area (Å²) in [5.41, 5.74) is 10.7. The van der Waals surface area contributed by atoms with Crippen molar-refractivity contribution in [2.75, 3.05) is 82.2 Å². The van der Waals surface area contributed by atoms with E-state index in [1.165, 1.54) is 12.8 Å². The van der Waals surface area contributed by atoms with Gasteiger partial charge < -0.3 is 35.4 Å². The number of nitrogens with zero attached hydrogens (tertiary/aromatic N) is 7. The van der Waals surface area contributed by atoms with Crippen LogP contribution < -0.4 is 26.0 Å². The van der Waals surface area contributed by atoms with Gasteiger partial charge in [0.1, 0.15) is 34.6 Å². The van der Waals surface area contributed by atoms with Crippen LogP contribution in [0.2, 0.25) is 0 Å². The van der Waals surface area contributed by atoms with Crippen LogP contribution in [-0.2, 0) is 16.1 Å². The Morgan fingerprint density at radius 2 is 1.49 bits per heavy atom. The van der Waals surface area contributed by atoms with Crippen molar-refractivity contribution in [3.8, 4) is 22.8 Å². The summed E-state index contributed by atoms with van der Waals surface area (Å²) in [5.74, 6) is 1.47. The molecule has 2 atom stereocenters. The Bertz CT molecular complexity index is 2330. The summed E-state index contributed by atoms with van der Waals surface area (Å²) in [6, 6.07) is 23.7. The van der Waals surface area contributed by atoms with Gasteiger partial charge in [0.15, 0.2) is 0 Å². The zero-order valence-corrected chi connectivity index (χ0v) is 35.9. The molecule has 4 saturated heterocycles. The molecule has 6 aliphatic rings. The maximum atomic E-state index is 13.2. The summed E-state index contributed by atoms with van der Waals surface area (Å²) >= 11 is 0. The van der Waals surface area contributed by atoms with Gasteiger partial charge in [-0.2, -0.15) is 5.10 Å². The molecule has 4 N–H and O–H groups in total. The number of anilines is 2. The molecule has 0 radical (unpaired) electrons. The molecule has 330 valence electrons. The molecule has 4 aromatic rings. The molecular weight excluding hydrogens is 797 g/mol. The van der Waals surface area contributed by atoms with E-state index >= 15 is 0 Å². The van der Waals surface area contributed by atoms with Gasteiger partial charge in [0.2, 0.25) is 11.8 Å². The lowest BCUT2D eigenvalue weighted by atomic mass is 9.85. The van der Waals surface area contributed by atoms with Crippen molar-refractivity contribution in [1.82, 2.24) is 34.7 Å². The molecule has 6 aliphatic heterocycles. The van der Waals surface area contributed by atoms with E-state index < -0.39 is 11.9 Å². The Morgan fingerprint density at radius 1 is 0.778 bits per heavy atom. The highest BCUT2D eigenvalue weighted by molar-refractivity contribution is 6.06. The first-order valence-corrected chi connectivity index (χ1v) is 23.0. The lowest BCUT2D eigenvalue weighted by Gasteiger charge is -2.44. The number of carbonyl (C=O) groups is 4. The number of fused-ring (bicyclic) bond motifs is 2. The fourth-order valence-corrected chi connectivity index (χ4v) is 10.9. The molecule has 63 heavy (non-hydrogen) atoms. The number of piperidine rings is 3. The first kappa shape index (κ1) is 41.3. The summed E-state index contributed by atoms with van der Waals surface area (Å²) in [7, 11) is 0. The number of hydrogen-bond donors (Lipinski definition) is 3. The predicted molar refractivity (Wildman–Crippen MR) is 240 cm³/mol. The number of nitrogens with two attached hydrogens (primary N) is 1. The molecule has 0 saturated carbocycles. The number of rotatable bonds is 11. The average molecular weight is 855 g/mol. The largest absolute Gasteiger partial charge is 0.457 e. The Kier molecular flexibility index (Phi) is 11.6. The van der Waals surface area contributed by atoms with Crippen LogP contribution in [0.4, 0.5) is 11.5 Å². The summed E-state index contributed by atoms with van der Waals surface area (Å²) in [6.45, 7) is 11.7. The van der Waals surface area contributed by atoms with Crippen LogP contribution in [0.1, 0.15) is 77.3 Å². The molecule has 10 rings (SSSR count). The van der Waals surface area contributed by atoms with Crippen LogP contribution in [0, 0.1) is 5.92 Å². The van der Waals surface area contributed by atoms with Gasteiger partial charge in [-0.1, -0.05) is 18.2 Å². The van der Waals surface area contributed by atoms with E-state index in [2.05, 4.69) is 41.0 Å². The van der Waals surface area contributed by atoms with Gasteiger partial charge in [0.25, 0.3) is 11.8 Å². The number of nitrogens with one attached hydrogen (secondary N) is 2. The van der Waals surface area contributed by atoms with E-state index in [4.69, 9.17) is 15.6 Å². The standard InChI is InChI=1S/C48H58N10O5/c49-45(60)43-44(33-6-9-38(10-7-33)63-37-4-2-1-3-5-37)52-58-40(14-19-50-46(43)58)32-15-22-55(23-16-32)35-17-20-53(21-18-35)24-25-54-26-28-56(29-27-54)36-8-11-39-34(30-36)31-57(48(39)62)41-12-13-42(59)51-47(41)61/h1-11,30,32,35,40-41,50H,12-29,31H2,(H2,49,60)(H,51,59,61). The van der Waals surface area contributed by atoms with Crippen molar-refractivity contribution in [1.29, 1.82) is 0 Å². The molecule has 15 heteroatoms. The van der Waals surface area contributed by atoms with Crippen molar-refractivity contribution in [2.45, 2.75) is 69.6 Å². The Hall–Kier alpha value is -5.77. The summed E-state index contributed by atoms with van der Waals surface area (Å²) in [6.07, 6.45) is 6.25. The number of hydrogen-bond acceptors (Lipinski definition) is 11. The molecule has 0 bridgehead atoms. The van der Waals surface area contributed by atoms with Crippen molar-refractivity contribution in [3.05, 3.63) is 89.5 Å². The fourth-order valence-electron chi connectivity index (χ4n) is 10.9. The van der Waals surface area contributed by atoms with E-state index in [1.54, 1.807) is 4.90 Å². The van der Waals surface area contributed by atoms with Gasteiger partial charge in [0.05, 0.1) is 6.04 Å². The number of imide groups is 1. The van der Waals surface area contributed by atoms with E-state index in [9.17, 15) is 19.2 Å². The highest BCUT2D eigenvalue weighted by Gasteiger charge is 2.40. The third-order valence-electron chi connectivity index (χ3n) is 14.5.